The molecule has 22 heavy (non-hydrogen) atoms. The van der Waals surface area contributed by atoms with Crippen molar-refractivity contribution in [2.75, 3.05) is 0 Å². The molecule has 1 aromatic heterocycles. The Morgan fingerprint density at radius 3 is 2.68 bits per heavy atom. The highest BCUT2D eigenvalue weighted by molar-refractivity contribution is 9.10. The van der Waals surface area contributed by atoms with E-state index in [0.29, 0.717) is 22.4 Å². The second-order valence-electron chi connectivity index (χ2n) is 4.48. The van der Waals surface area contributed by atoms with Crippen molar-refractivity contribution < 1.29 is 15.3 Å². The maximum atomic E-state index is 9.94. The molecule has 1 heterocycles. The molecule has 114 valence electrons. The van der Waals surface area contributed by atoms with E-state index < -0.39 is 0 Å². The van der Waals surface area contributed by atoms with Crippen molar-refractivity contribution >= 4 is 28.4 Å². The number of pyridine rings is 1. The van der Waals surface area contributed by atoms with E-state index in [-0.39, 0.29) is 18.1 Å². The first-order valence-corrected chi connectivity index (χ1v) is 7.15. The quantitative estimate of drug-likeness (QED) is 0.574. The molecule has 6 nitrogen and oxygen atoms in total. The molecule has 0 radical (unpaired) electrons. The number of aromatic nitrogens is 1. The molecule has 0 aliphatic rings. The van der Waals surface area contributed by atoms with Gasteiger partial charge in [-0.3, -0.25) is 4.98 Å². The molecule has 0 fully saturated rings. The van der Waals surface area contributed by atoms with Gasteiger partial charge in [-0.15, -0.1) is 0 Å². The van der Waals surface area contributed by atoms with Crippen LogP contribution in [0, 0.1) is 6.92 Å². The van der Waals surface area contributed by atoms with Crippen LogP contribution in [0.25, 0.3) is 0 Å². The van der Waals surface area contributed by atoms with Gasteiger partial charge in [0.2, 0.25) is 0 Å². The van der Waals surface area contributed by atoms with Crippen molar-refractivity contribution in [2.45, 2.75) is 13.5 Å². The summed E-state index contributed by atoms with van der Waals surface area (Å²) in [6.45, 7) is 1.38. The van der Waals surface area contributed by atoms with Gasteiger partial charge >= 0.3 is 0 Å². The molecule has 0 amide bonds. The predicted molar refractivity (Wildman–Crippen MR) is 87.6 cm³/mol. The lowest BCUT2D eigenvalue weighted by atomic mass is 10.1. The number of nitrogens with zero attached hydrogens (tertiary/aromatic N) is 3. The van der Waals surface area contributed by atoms with Crippen LogP contribution in [0.2, 0.25) is 0 Å². The standard InChI is InChI=1S/C15H14BrN3O3/c1-9-15(22)13(11(8-20)5-17-9)7-19-18-6-10-4-12(16)2-3-14(10)21/h2-7,20-22H,8H2,1H3/b18-6+,19-7+. The monoisotopic (exact) mass is 363 g/mol. The van der Waals surface area contributed by atoms with Crippen molar-refractivity contribution in [1.82, 2.24) is 4.98 Å². The Kier molecular flexibility index (Phi) is 5.24. The molecule has 7 heteroatoms. The van der Waals surface area contributed by atoms with Gasteiger partial charge in [0.1, 0.15) is 11.5 Å². The molecule has 1 aromatic carbocycles. The molecular weight excluding hydrogens is 350 g/mol. The smallest absolute Gasteiger partial charge is 0.145 e. The van der Waals surface area contributed by atoms with E-state index in [4.69, 9.17) is 0 Å². The van der Waals surface area contributed by atoms with E-state index in [1.54, 1.807) is 19.1 Å². The minimum absolute atomic E-state index is 0.0456. The van der Waals surface area contributed by atoms with E-state index in [9.17, 15) is 15.3 Å². The molecule has 0 aliphatic heterocycles. The number of hydrogen-bond donors (Lipinski definition) is 3. The van der Waals surface area contributed by atoms with E-state index >= 15 is 0 Å². The van der Waals surface area contributed by atoms with Gasteiger partial charge in [0.25, 0.3) is 0 Å². The molecule has 0 spiro atoms. The third kappa shape index (κ3) is 3.69. The van der Waals surface area contributed by atoms with Crippen molar-refractivity contribution in [3.8, 4) is 11.5 Å². The molecule has 0 bridgehead atoms. The molecule has 0 saturated heterocycles. The summed E-state index contributed by atoms with van der Waals surface area (Å²) < 4.78 is 0.806. The Morgan fingerprint density at radius 2 is 1.95 bits per heavy atom. The first kappa shape index (κ1) is 16.1. The Bertz CT molecular complexity index is 745. The van der Waals surface area contributed by atoms with E-state index in [0.717, 1.165) is 4.47 Å². The van der Waals surface area contributed by atoms with Gasteiger partial charge in [-0.1, -0.05) is 15.9 Å². The number of rotatable bonds is 4. The first-order chi connectivity index (χ1) is 10.5. The van der Waals surface area contributed by atoms with Crippen LogP contribution in [0.1, 0.15) is 22.4 Å². The van der Waals surface area contributed by atoms with E-state index in [2.05, 4.69) is 31.1 Å². The van der Waals surface area contributed by atoms with Crippen LogP contribution in [0.5, 0.6) is 11.5 Å². The highest BCUT2D eigenvalue weighted by Crippen LogP contribution is 2.22. The number of phenols is 1. The summed E-state index contributed by atoms with van der Waals surface area (Å²) in [5.41, 5.74) is 1.76. The van der Waals surface area contributed by atoms with Gasteiger partial charge < -0.3 is 15.3 Å². The second kappa shape index (κ2) is 7.15. The number of hydrogen-bond acceptors (Lipinski definition) is 6. The fourth-order valence-electron chi connectivity index (χ4n) is 1.74. The predicted octanol–water partition coefficient (Wildman–Crippen LogP) is 2.51. The van der Waals surface area contributed by atoms with Crippen molar-refractivity contribution in [2.24, 2.45) is 10.2 Å². The van der Waals surface area contributed by atoms with Crippen LogP contribution in [0.4, 0.5) is 0 Å². The van der Waals surface area contributed by atoms with Crippen LogP contribution in [0.3, 0.4) is 0 Å². The third-order valence-electron chi connectivity index (χ3n) is 2.97. The topological polar surface area (TPSA) is 98.3 Å². The van der Waals surface area contributed by atoms with Gasteiger partial charge in [0.15, 0.2) is 0 Å². The maximum Gasteiger partial charge on any atom is 0.145 e. The largest absolute Gasteiger partial charge is 0.507 e. The average molecular weight is 364 g/mol. The normalized spacial score (nSPS) is 11.6. The molecule has 0 aliphatic carbocycles. The van der Waals surface area contributed by atoms with Gasteiger partial charge in [0, 0.05) is 27.4 Å². The Labute approximate surface area is 135 Å². The molecule has 3 N–H and O–H groups in total. The Balaban J connectivity index is 2.24. The summed E-state index contributed by atoms with van der Waals surface area (Å²) >= 11 is 3.30. The molecule has 0 saturated carbocycles. The zero-order valence-corrected chi connectivity index (χ0v) is 13.3. The lowest BCUT2D eigenvalue weighted by Crippen LogP contribution is -1.97. The van der Waals surface area contributed by atoms with Crippen molar-refractivity contribution in [3.05, 3.63) is 51.3 Å². The number of halogens is 1. The fraction of sp³-hybridized carbons (Fsp3) is 0.133. The summed E-state index contributed by atoms with van der Waals surface area (Å²) in [6, 6.07) is 4.94. The Morgan fingerprint density at radius 1 is 1.23 bits per heavy atom. The first-order valence-electron chi connectivity index (χ1n) is 6.36. The van der Waals surface area contributed by atoms with Gasteiger partial charge in [-0.05, 0) is 25.1 Å². The zero-order valence-electron chi connectivity index (χ0n) is 11.7. The Hall–Kier alpha value is -2.25. The minimum Gasteiger partial charge on any atom is -0.507 e. The van der Waals surface area contributed by atoms with Crippen molar-refractivity contribution in [3.63, 3.8) is 0 Å². The van der Waals surface area contributed by atoms with Crippen LogP contribution in [-0.2, 0) is 6.61 Å². The number of aryl methyl sites for hydroxylation is 1. The molecule has 2 aromatic rings. The van der Waals surface area contributed by atoms with Crippen LogP contribution in [-0.4, -0.2) is 32.7 Å². The number of phenolic OH excluding ortho intramolecular Hbond substituents is 1. The fourth-order valence-corrected chi connectivity index (χ4v) is 2.12. The summed E-state index contributed by atoms with van der Waals surface area (Å²) in [6.07, 6.45) is 4.20. The maximum absolute atomic E-state index is 9.94. The number of benzene rings is 1. The third-order valence-corrected chi connectivity index (χ3v) is 3.46. The molecule has 0 unspecified atom stereocenters. The van der Waals surface area contributed by atoms with E-state index in [1.165, 1.54) is 24.7 Å². The van der Waals surface area contributed by atoms with Crippen LogP contribution < -0.4 is 0 Å². The number of aromatic hydroxyl groups is 2. The minimum atomic E-state index is -0.266. The summed E-state index contributed by atoms with van der Waals surface area (Å²) in [5.74, 6) is 0.0385. The van der Waals surface area contributed by atoms with E-state index in [1.807, 2.05) is 0 Å². The molecular formula is C15H14BrN3O3. The van der Waals surface area contributed by atoms with Crippen molar-refractivity contribution in [1.29, 1.82) is 0 Å². The SMILES string of the molecule is Cc1ncc(CO)c(/C=N/N=C/c2cc(Br)ccc2O)c1O. The highest BCUT2D eigenvalue weighted by Gasteiger charge is 2.09. The number of aliphatic hydroxyl groups excluding tert-OH is 1. The van der Waals surface area contributed by atoms with Crippen LogP contribution in [0.15, 0.2) is 39.1 Å². The summed E-state index contributed by atoms with van der Waals surface area (Å²) in [4.78, 5) is 3.96. The van der Waals surface area contributed by atoms with Crippen LogP contribution >= 0.6 is 15.9 Å². The average Bonchev–Trinajstić information content (AvgIpc) is 2.51. The second-order valence-corrected chi connectivity index (χ2v) is 5.40. The molecule has 2 rings (SSSR count). The summed E-state index contributed by atoms with van der Waals surface area (Å²) in [7, 11) is 0. The molecule has 0 atom stereocenters. The lowest BCUT2D eigenvalue weighted by molar-refractivity contribution is 0.280. The van der Waals surface area contributed by atoms with Gasteiger partial charge in [-0.2, -0.15) is 10.2 Å². The lowest BCUT2D eigenvalue weighted by Gasteiger charge is -2.06. The van der Waals surface area contributed by atoms with Gasteiger partial charge in [-0.25, -0.2) is 0 Å². The highest BCUT2D eigenvalue weighted by atomic mass is 79.9. The zero-order chi connectivity index (χ0) is 16.1. The van der Waals surface area contributed by atoms with Gasteiger partial charge in [0.05, 0.1) is 24.7 Å². The number of aliphatic hydroxyl groups is 1. The summed E-state index contributed by atoms with van der Waals surface area (Å²) in [5, 5.41) is 36.5.